The Morgan fingerprint density at radius 3 is 2.06 bits per heavy atom. The monoisotopic (exact) mass is 237 g/mol. The van der Waals surface area contributed by atoms with Crippen molar-refractivity contribution in [3.8, 4) is 17.9 Å². The zero-order chi connectivity index (χ0) is 13.3. The van der Waals surface area contributed by atoms with Crippen LogP contribution in [0, 0.1) is 22.7 Å². The first-order chi connectivity index (χ1) is 8.60. The molecule has 0 amide bonds. The van der Waals surface area contributed by atoms with Crippen molar-refractivity contribution < 1.29 is 5.11 Å². The molecule has 0 aliphatic rings. The average Bonchev–Trinajstić information content (AvgIpc) is 2.37. The third-order valence-electron chi connectivity index (χ3n) is 2.82. The molecule has 0 atom stereocenters. The standard InChI is InChI=1S/C14H11N3O/c1-17(2)13-10(7-15)5-3-9-4-6-11(8-16)14(18)12(9)13/h3-6,18H,1-2H3. The Morgan fingerprint density at radius 1 is 1.00 bits per heavy atom. The lowest BCUT2D eigenvalue weighted by atomic mass is 10.0. The number of rotatable bonds is 1. The maximum atomic E-state index is 10.1. The van der Waals surface area contributed by atoms with Gasteiger partial charge in [0, 0.05) is 19.5 Å². The van der Waals surface area contributed by atoms with Crippen LogP contribution in [-0.2, 0) is 0 Å². The molecule has 0 fully saturated rings. The summed E-state index contributed by atoms with van der Waals surface area (Å²) in [6.07, 6.45) is 0. The summed E-state index contributed by atoms with van der Waals surface area (Å²) in [5.41, 5.74) is 1.31. The summed E-state index contributed by atoms with van der Waals surface area (Å²) in [5.74, 6) is -0.0733. The maximum absolute atomic E-state index is 10.1. The van der Waals surface area contributed by atoms with Crippen molar-refractivity contribution in [2.45, 2.75) is 0 Å². The van der Waals surface area contributed by atoms with Gasteiger partial charge in [0.1, 0.15) is 17.9 Å². The van der Waals surface area contributed by atoms with Crippen LogP contribution in [0.1, 0.15) is 11.1 Å². The molecule has 0 heterocycles. The number of benzene rings is 2. The van der Waals surface area contributed by atoms with Crippen molar-refractivity contribution >= 4 is 16.5 Å². The van der Waals surface area contributed by atoms with Gasteiger partial charge < -0.3 is 10.0 Å². The fourth-order valence-electron chi connectivity index (χ4n) is 2.03. The molecule has 4 nitrogen and oxygen atoms in total. The molecule has 0 saturated heterocycles. The second kappa shape index (κ2) is 4.27. The molecular formula is C14H11N3O. The van der Waals surface area contributed by atoms with E-state index in [2.05, 4.69) is 6.07 Å². The van der Waals surface area contributed by atoms with Crippen LogP contribution < -0.4 is 4.90 Å². The molecule has 18 heavy (non-hydrogen) atoms. The third-order valence-corrected chi connectivity index (χ3v) is 2.82. The van der Waals surface area contributed by atoms with Crippen molar-refractivity contribution in [2.24, 2.45) is 0 Å². The van der Waals surface area contributed by atoms with E-state index < -0.39 is 0 Å². The molecule has 88 valence electrons. The van der Waals surface area contributed by atoms with E-state index in [1.807, 2.05) is 6.07 Å². The molecule has 0 aliphatic heterocycles. The molecule has 0 spiro atoms. The van der Waals surface area contributed by atoms with E-state index in [0.29, 0.717) is 16.6 Å². The molecule has 0 bridgehead atoms. The largest absolute Gasteiger partial charge is 0.506 e. The molecule has 0 aliphatic carbocycles. The molecule has 2 aromatic carbocycles. The van der Waals surface area contributed by atoms with E-state index in [0.717, 1.165) is 5.39 Å². The SMILES string of the molecule is CN(C)c1c(C#N)ccc2ccc(C#N)c(O)c12. The number of hydrogen-bond donors (Lipinski definition) is 1. The Balaban J connectivity index is 3.00. The van der Waals surface area contributed by atoms with Gasteiger partial charge in [0.2, 0.25) is 0 Å². The molecular weight excluding hydrogens is 226 g/mol. The van der Waals surface area contributed by atoms with Gasteiger partial charge in [0.15, 0.2) is 0 Å². The lowest BCUT2D eigenvalue weighted by Gasteiger charge is -2.18. The summed E-state index contributed by atoms with van der Waals surface area (Å²) in [5, 5.41) is 29.5. The average molecular weight is 237 g/mol. The number of nitriles is 2. The van der Waals surface area contributed by atoms with Gasteiger partial charge in [-0.1, -0.05) is 12.1 Å². The van der Waals surface area contributed by atoms with Gasteiger partial charge in [-0.15, -0.1) is 0 Å². The first-order valence-electron chi connectivity index (χ1n) is 5.36. The molecule has 0 saturated carbocycles. The van der Waals surface area contributed by atoms with E-state index >= 15 is 0 Å². The zero-order valence-electron chi connectivity index (χ0n) is 10.1. The van der Waals surface area contributed by atoms with Crippen LogP contribution >= 0.6 is 0 Å². The topological polar surface area (TPSA) is 71.0 Å². The predicted octanol–water partition coefficient (Wildman–Crippen LogP) is 2.35. The van der Waals surface area contributed by atoms with Crippen LogP contribution in [0.25, 0.3) is 10.8 Å². The van der Waals surface area contributed by atoms with Crippen LogP contribution in [0.5, 0.6) is 5.75 Å². The summed E-state index contributed by atoms with van der Waals surface area (Å²) in [7, 11) is 3.60. The van der Waals surface area contributed by atoms with E-state index in [4.69, 9.17) is 10.5 Å². The van der Waals surface area contributed by atoms with Crippen LogP contribution in [0.4, 0.5) is 5.69 Å². The van der Waals surface area contributed by atoms with Gasteiger partial charge in [-0.05, 0) is 17.5 Å². The lowest BCUT2D eigenvalue weighted by molar-refractivity contribution is 0.480. The van der Waals surface area contributed by atoms with Gasteiger partial charge in [-0.25, -0.2) is 0 Å². The van der Waals surface area contributed by atoms with Crippen LogP contribution in [0.2, 0.25) is 0 Å². The van der Waals surface area contributed by atoms with Crippen molar-refractivity contribution in [3.05, 3.63) is 35.4 Å². The Labute approximate surface area is 105 Å². The van der Waals surface area contributed by atoms with Crippen molar-refractivity contribution in [3.63, 3.8) is 0 Å². The summed E-state index contributed by atoms with van der Waals surface area (Å²) in [4.78, 5) is 1.77. The molecule has 1 N–H and O–H groups in total. The highest BCUT2D eigenvalue weighted by molar-refractivity contribution is 6.02. The quantitative estimate of drug-likeness (QED) is 0.826. The number of nitrogens with zero attached hydrogens (tertiary/aromatic N) is 3. The Bertz CT molecular complexity index is 700. The summed E-state index contributed by atoms with van der Waals surface area (Å²) in [6.45, 7) is 0. The van der Waals surface area contributed by atoms with Crippen LogP contribution in [-0.4, -0.2) is 19.2 Å². The van der Waals surface area contributed by atoms with Crippen LogP contribution in [0.15, 0.2) is 24.3 Å². The molecule has 4 heteroatoms. The Morgan fingerprint density at radius 2 is 1.56 bits per heavy atom. The number of phenols is 1. The zero-order valence-corrected chi connectivity index (χ0v) is 10.1. The minimum atomic E-state index is -0.0733. The van der Waals surface area contributed by atoms with Gasteiger partial charge in [0.25, 0.3) is 0 Å². The molecule has 0 aromatic heterocycles. The minimum Gasteiger partial charge on any atom is -0.506 e. The number of anilines is 1. The van der Waals surface area contributed by atoms with Crippen molar-refractivity contribution in [1.29, 1.82) is 10.5 Å². The normalized spacial score (nSPS) is 9.78. The number of aromatic hydroxyl groups is 1. The molecule has 0 radical (unpaired) electrons. The summed E-state index contributed by atoms with van der Waals surface area (Å²) in [6, 6.07) is 10.9. The smallest absolute Gasteiger partial charge is 0.143 e. The Hall–Kier alpha value is -2.72. The second-order valence-electron chi connectivity index (χ2n) is 4.14. The Kier molecular flexibility index (Phi) is 2.79. The number of hydrogen-bond acceptors (Lipinski definition) is 4. The predicted molar refractivity (Wildman–Crippen MR) is 69.4 cm³/mol. The van der Waals surface area contributed by atoms with Crippen molar-refractivity contribution in [1.82, 2.24) is 0 Å². The summed E-state index contributed by atoms with van der Waals surface area (Å²) < 4.78 is 0. The maximum Gasteiger partial charge on any atom is 0.143 e. The summed E-state index contributed by atoms with van der Waals surface area (Å²) >= 11 is 0. The minimum absolute atomic E-state index is 0.0733. The highest BCUT2D eigenvalue weighted by Crippen LogP contribution is 2.37. The fraction of sp³-hybridized carbons (Fsp3) is 0.143. The molecule has 2 aromatic rings. The molecule has 0 unspecified atom stereocenters. The van der Waals surface area contributed by atoms with E-state index in [9.17, 15) is 5.11 Å². The van der Waals surface area contributed by atoms with Gasteiger partial charge in [0.05, 0.1) is 16.8 Å². The van der Waals surface area contributed by atoms with E-state index in [1.54, 1.807) is 43.3 Å². The second-order valence-corrected chi connectivity index (χ2v) is 4.14. The van der Waals surface area contributed by atoms with Gasteiger partial charge in [-0.3, -0.25) is 0 Å². The highest BCUT2D eigenvalue weighted by atomic mass is 16.3. The van der Waals surface area contributed by atoms with Crippen molar-refractivity contribution in [2.75, 3.05) is 19.0 Å². The number of phenolic OH excluding ortho intramolecular Hbond substituents is 1. The highest BCUT2D eigenvalue weighted by Gasteiger charge is 2.15. The number of fused-ring (bicyclic) bond motifs is 1. The van der Waals surface area contributed by atoms with E-state index in [1.165, 1.54) is 0 Å². The third kappa shape index (κ3) is 1.61. The fourth-order valence-corrected chi connectivity index (χ4v) is 2.03. The van der Waals surface area contributed by atoms with E-state index in [-0.39, 0.29) is 11.3 Å². The first kappa shape index (κ1) is 11.8. The molecule has 2 rings (SSSR count). The first-order valence-corrected chi connectivity index (χ1v) is 5.36. The van der Waals surface area contributed by atoms with Gasteiger partial charge >= 0.3 is 0 Å². The lowest BCUT2D eigenvalue weighted by Crippen LogP contribution is -2.11. The van der Waals surface area contributed by atoms with Gasteiger partial charge in [-0.2, -0.15) is 10.5 Å². The van der Waals surface area contributed by atoms with Crippen LogP contribution in [0.3, 0.4) is 0 Å².